The minimum absolute atomic E-state index is 0.816. The van der Waals surface area contributed by atoms with E-state index in [0.29, 0.717) is 0 Å². The standard InChI is InChI=1S/C13H10N2.C12H9NS/c14-13-9-5-1-3-7-11(9)15-12-8-4-2-6-10(12)13;1-3-7-11-9(5-1)13-10-6-2-4-8-12(10)14-11/h1-8H,(H2,14,15);1-8,13H. The van der Waals surface area contributed by atoms with Gasteiger partial charge in [0.2, 0.25) is 0 Å². The van der Waals surface area contributed by atoms with Gasteiger partial charge < -0.3 is 11.1 Å². The number of nitrogens with zero attached hydrogens (tertiary/aromatic N) is 1. The summed E-state index contributed by atoms with van der Waals surface area (Å²) in [5, 5.41) is 5.47. The third kappa shape index (κ3) is 3.39. The van der Waals surface area contributed by atoms with E-state index in [9.17, 15) is 0 Å². The van der Waals surface area contributed by atoms with Gasteiger partial charge >= 0.3 is 0 Å². The molecular weight excluding hydrogens is 374 g/mol. The van der Waals surface area contributed by atoms with Crippen LogP contribution in [0.3, 0.4) is 0 Å². The fourth-order valence-electron chi connectivity index (χ4n) is 3.45. The lowest BCUT2D eigenvalue weighted by Gasteiger charge is -2.19. The molecule has 0 radical (unpaired) electrons. The van der Waals surface area contributed by atoms with Crippen molar-refractivity contribution in [2.45, 2.75) is 9.79 Å². The molecule has 140 valence electrons. The van der Waals surface area contributed by atoms with E-state index in [1.165, 1.54) is 21.2 Å². The molecule has 29 heavy (non-hydrogen) atoms. The van der Waals surface area contributed by atoms with Crippen molar-refractivity contribution in [3.05, 3.63) is 97.1 Å². The van der Waals surface area contributed by atoms with Crippen LogP contribution in [-0.4, -0.2) is 4.98 Å². The van der Waals surface area contributed by atoms with Crippen LogP contribution in [0.25, 0.3) is 21.8 Å². The van der Waals surface area contributed by atoms with Gasteiger partial charge in [0.25, 0.3) is 0 Å². The molecule has 6 rings (SSSR count). The molecule has 5 aromatic rings. The first-order valence-electron chi connectivity index (χ1n) is 9.45. The predicted octanol–water partition coefficient (Wildman–Crippen LogP) is 6.87. The van der Waals surface area contributed by atoms with E-state index in [0.717, 1.165) is 27.5 Å². The van der Waals surface area contributed by atoms with Crippen LogP contribution >= 0.6 is 11.8 Å². The van der Waals surface area contributed by atoms with E-state index in [1.54, 1.807) is 0 Å². The van der Waals surface area contributed by atoms with E-state index in [-0.39, 0.29) is 0 Å². The normalized spacial score (nSPS) is 11.7. The smallest absolute Gasteiger partial charge is 0.0730 e. The number of fused-ring (bicyclic) bond motifs is 4. The Morgan fingerprint density at radius 2 is 1.03 bits per heavy atom. The second kappa shape index (κ2) is 7.49. The van der Waals surface area contributed by atoms with E-state index >= 15 is 0 Å². The van der Waals surface area contributed by atoms with Crippen molar-refractivity contribution in [3.8, 4) is 0 Å². The molecule has 4 heteroatoms. The molecule has 3 nitrogen and oxygen atoms in total. The summed E-state index contributed by atoms with van der Waals surface area (Å²) < 4.78 is 0. The van der Waals surface area contributed by atoms with Gasteiger partial charge in [-0.3, -0.25) is 0 Å². The molecule has 0 unspecified atom stereocenters. The highest BCUT2D eigenvalue weighted by atomic mass is 32.2. The molecule has 0 saturated heterocycles. The lowest BCUT2D eigenvalue weighted by Crippen LogP contribution is -1.98. The summed E-state index contributed by atoms with van der Waals surface area (Å²) in [5.41, 5.74) is 11.2. The average Bonchev–Trinajstić information content (AvgIpc) is 2.78. The van der Waals surface area contributed by atoms with E-state index < -0.39 is 0 Å². The summed E-state index contributed by atoms with van der Waals surface area (Å²) in [6.45, 7) is 0. The average molecular weight is 394 g/mol. The topological polar surface area (TPSA) is 50.9 Å². The van der Waals surface area contributed by atoms with Crippen LogP contribution in [0.15, 0.2) is 107 Å². The van der Waals surface area contributed by atoms with Crippen LogP contribution in [0.4, 0.5) is 17.1 Å². The highest BCUT2D eigenvalue weighted by molar-refractivity contribution is 7.99. The Bertz CT molecular complexity index is 1190. The number of nitrogens with one attached hydrogen (secondary N) is 1. The lowest BCUT2D eigenvalue weighted by atomic mass is 10.1. The fourth-order valence-corrected chi connectivity index (χ4v) is 4.44. The third-order valence-electron chi connectivity index (χ3n) is 4.89. The van der Waals surface area contributed by atoms with Crippen molar-refractivity contribution >= 4 is 50.6 Å². The fraction of sp³-hybridized carbons (Fsp3) is 0. The molecule has 0 fully saturated rings. The molecular formula is C25H19N3S. The lowest BCUT2D eigenvalue weighted by molar-refractivity contribution is 1.32. The number of para-hydroxylation sites is 4. The molecule has 0 bridgehead atoms. The summed E-state index contributed by atoms with van der Waals surface area (Å²) in [6.07, 6.45) is 0. The number of benzene rings is 4. The number of aromatic nitrogens is 1. The quantitative estimate of drug-likeness (QED) is 0.277. The molecule has 0 aliphatic carbocycles. The Balaban J connectivity index is 0.000000125. The number of pyridine rings is 1. The van der Waals surface area contributed by atoms with Crippen LogP contribution in [-0.2, 0) is 0 Å². The van der Waals surface area contributed by atoms with E-state index in [4.69, 9.17) is 5.73 Å². The molecule has 4 aromatic carbocycles. The first-order valence-corrected chi connectivity index (χ1v) is 10.3. The molecule has 1 aliphatic heterocycles. The van der Waals surface area contributed by atoms with Crippen LogP contribution in [0.2, 0.25) is 0 Å². The SMILES string of the molecule is Nc1c2ccccc2nc2ccccc12.c1ccc2c(c1)Nc1ccccc1S2. The first-order chi connectivity index (χ1) is 14.3. The minimum atomic E-state index is 0.816. The van der Waals surface area contributed by atoms with Crippen molar-refractivity contribution in [2.24, 2.45) is 0 Å². The third-order valence-corrected chi connectivity index (χ3v) is 6.04. The molecule has 0 amide bonds. The number of hydrogen-bond acceptors (Lipinski definition) is 4. The van der Waals surface area contributed by atoms with Gasteiger partial charge in [-0.1, -0.05) is 72.4 Å². The number of nitrogen functional groups attached to an aromatic ring is 1. The summed E-state index contributed by atoms with van der Waals surface area (Å²) >= 11 is 1.82. The zero-order chi connectivity index (χ0) is 19.6. The van der Waals surface area contributed by atoms with Crippen LogP contribution in [0.5, 0.6) is 0 Å². The molecule has 1 aliphatic rings. The van der Waals surface area contributed by atoms with Gasteiger partial charge in [0.15, 0.2) is 0 Å². The number of anilines is 3. The molecule has 0 atom stereocenters. The van der Waals surface area contributed by atoms with Crippen LogP contribution < -0.4 is 11.1 Å². The van der Waals surface area contributed by atoms with Crippen molar-refractivity contribution in [1.82, 2.24) is 4.98 Å². The van der Waals surface area contributed by atoms with Crippen molar-refractivity contribution < 1.29 is 0 Å². The summed E-state index contributed by atoms with van der Waals surface area (Å²) in [4.78, 5) is 7.15. The molecule has 0 spiro atoms. The highest BCUT2D eigenvalue weighted by Gasteiger charge is 2.13. The Labute approximate surface area is 173 Å². The maximum atomic E-state index is 6.11. The summed E-state index contributed by atoms with van der Waals surface area (Å²) in [7, 11) is 0. The first kappa shape index (κ1) is 17.6. The maximum absolute atomic E-state index is 6.11. The van der Waals surface area contributed by atoms with Gasteiger partial charge in [-0.05, 0) is 36.4 Å². The Kier molecular flexibility index (Phi) is 4.54. The minimum Gasteiger partial charge on any atom is -0.398 e. The second-order valence-electron chi connectivity index (χ2n) is 6.78. The van der Waals surface area contributed by atoms with Gasteiger partial charge in [-0.2, -0.15) is 0 Å². The van der Waals surface area contributed by atoms with Crippen molar-refractivity contribution in [3.63, 3.8) is 0 Å². The highest BCUT2D eigenvalue weighted by Crippen LogP contribution is 2.43. The zero-order valence-electron chi connectivity index (χ0n) is 15.7. The number of rotatable bonds is 0. The van der Waals surface area contributed by atoms with Crippen LogP contribution in [0.1, 0.15) is 0 Å². The molecule has 0 saturated carbocycles. The van der Waals surface area contributed by atoms with Crippen molar-refractivity contribution in [1.29, 1.82) is 0 Å². The molecule has 3 N–H and O–H groups in total. The van der Waals surface area contributed by atoms with Crippen LogP contribution in [0, 0.1) is 0 Å². The molecule has 2 heterocycles. The second-order valence-corrected chi connectivity index (χ2v) is 7.86. The Morgan fingerprint density at radius 3 is 1.59 bits per heavy atom. The summed E-state index contributed by atoms with van der Waals surface area (Å²) in [6, 6.07) is 32.6. The van der Waals surface area contributed by atoms with Gasteiger partial charge in [0.1, 0.15) is 0 Å². The number of nitrogens with two attached hydrogens (primary N) is 1. The van der Waals surface area contributed by atoms with Gasteiger partial charge in [-0.25, -0.2) is 4.98 Å². The molecule has 1 aromatic heterocycles. The maximum Gasteiger partial charge on any atom is 0.0730 e. The number of hydrogen-bond donors (Lipinski definition) is 2. The van der Waals surface area contributed by atoms with Crippen molar-refractivity contribution in [2.75, 3.05) is 11.1 Å². The zero-order valence-corrected chi connectivity index (χ0v) is 16.5. The van der Waals surface area contributed by atoms with Gasteiger partial charge in [0.05, 0.1) is 28.1 Å². The Hall–Kier alpha value is -3.50. The van der Waals surface area contributed by atoms with E-state index in [2.05, 4.69) is 58.8 Å². The van der Waals surface area contributed by atoms with E-state index in [1.807, 2.05) is 60.3 Å². The summed E-state index contributed by atoms with van der Waals surface area (Å²) in [5.74, 6) is 0. The predicted molar refractivity (Wildman–Crippen MR) is 124 cm³/mol. The van der Waals surface area contributed by atoms with Gasteiger partial charge in [-0.15, -0.1) is 0 Å². The monoisotopic (exact) mass is 393 g/mol. The van der Waals surface area contributed by atoms with Gasteiger partial charge in [0, 0.05) is 20.6 Å². The largest absolute Gasteiger partial charge is 0.398 e. The Morgan fingerprint density at radius 1 is 0.586 bits per heavy atom.